The molecule has 140 valence electrons. The summed E-state index contributed by atoms with van der Waals surface area (Å²) >= 11 is 1.60. The molecule has 0 radical (unpaired) electrons. The standard InChI is InChI=1S/C18H27NO5S/c1-5-23-15-9-7-6-8-13(15)12-25-11-10-14(16(20)21)19-17(22)24-18(2,3)4/h6-9,14H,5,10-12H2,1-4H3,(H,19,22)(H,20,21). The Kier molecular flexibility index (Phi) is 8.61. The van der Waals surface area contributed by atoms with Crippen molar-refractivity contribution in [2.24, 2.45) is 0 Å². The maximum atomic E-state index is 11.7. The van der Waals surface area contributed by atoms with Crippen LogP contribution in [0.25, 0.3) is 0 Å². The summed E-state index contributed by atoms with van der Waals surface area (Å²) < 4.78 is 10.7. The van der Waals surface area contributed by atoms with Crippen molar-refractivity contribution in [3.63, 3.8) is 0 Å². The Labute approximate surface area is 153 Å². The van der Waals surface area contributed by atoms with Crippen molar-refractivity contribution in [1.82, 2.24) is 5.32 Å². The Balaban J connectivity index is 2.46. The summed E-state index contributed by atoms with van der Waals surface area (Å²) in [6.45, 7) is 7.72. The maximum absolute atomic E-state index is 11.7. The van der Waals surface area contributed by atoms with E-state index in [0.717, 1.165) is 17.1 Å². The number of carbonyl (C=O) groups is 2. The molecule has 0 spiro atoms. The van der Waals surface area contributed by atoms with E-state index in [1.807, 2.05) is 31.2 Å². The zero-order valence-electron chi connectivity index (χ0n) is 15.2. The van der Waals surface area contributed by atoms with Crippen molar-refractivity contribution in [2.45, 2.75) is 51.5 Å². The second kappa shape index (κ2) is 10.2. The maximum Gasteiger partial charge on any atom is 0.408 e. The monoisotopic (exact) mass is 369 g/mol. The first-order chi connectivity index (χ1) is 11.7. The molecular formula is C18H27NO5S. The molecule has 0 aromatic heterocycles. The number of nitrogens with one attached hydrogen (secondary N) is 1. The lowest BCUT2D eigenvalue weighted by atomic mass is 10.2. The first kappa shape index (κ1) is 21.2. The first-order valence-corrected chi connectivity index (χ1v) is 9.39. The molecule has 7 heteroatoms. The highest BCUT2D eigenvalue weighted by Gasteiger charge is 2.23. The smallest absolute Gasteiger partial charge is 0.408 e. The van der Waals surface area contributed by atoms with Crippen molar-refractivity contribution in [3.05, 3.63) is 29.8 Å². The molecule has 1 atom stereocenters. The van der Waals surface area contributed by atoms with E-state index in [9.17, 15) is 14.7 Å². The van der Waals surface area contributed by atoms with Gasteiger partial charge in [-0.3, -0.25) is 0 Å². The van der Waals surface area contributed by atoms with Crippen LogP contribution in [0.3, 0.4) is 0 Å². The molecule has 6 nitrogen and oxygen atoms in total. The van der Waals surface area contributed by atoms with Crippen molar-refractivity contribution >= 4 is 23.8 Å². The number of aliphatic carboxylic acids is 1. The van der Waals surface area contributed by atoms with Gasteiger partial charge in [-0.05, 0) is 45.9 Å². The fourth-order valence-corrected chi connectivity index (χ4v) is 3.01. The number of alkyl carbamates (subject to hydrolysis) is 1. The number of rotatable bonds is 9. The van der Waals surface area contributed by atoms with Gasteiger partial charge in [-0.1, -0.05) is 18.2 Å². The van der Waals surface area contributed by atoms with Crippen LogP contribution >= 0.6 is 11.8 Å². The largest absolute Gasteiger partial charge is 0.494 e. The van der Waals surface area contributed by atoms with E-state index in [0.29, 0.717) is 18.8 Å². The van der Waals surface area contributed by atoms with Gasteiger partial charge in [-0.25, -0.2) is 9.59 Å². The van der Waals surface area contributed by atoms with Gasteiger partial charge in [-0.2, -0.15) is 11.8 Å². The number of hydrogen-bond acceptors (Lipinski definition) is 5. The number of carboxylic acid groups (broad SMARTS) is 1. The van der Waals surface area contributed by atoms with E-state index in [4.69, 9.17) is 9.47 Å². The summed E-state index contributed by atoms with van der Waals surface area (Å²) in [4.78, 5) is 23.0. The highest BCUT2D eigenvalue weighted by molar-refractivity contribution is 7.98. The van der Waals surface area contributed by atoms with Crippen LogP contribution in [0, 0.1) is 0 Å². The Morgan fingerprint density at radius 1 is 1.28 bits per heavy atom. The molecule has 1 amide bonds. The quantitative estimate of drug-likeness (QED) is 0.646. The summed E-state index contributed by atoms with van der Waals surface area (Å²) in [5.74, 6) is 1.09. The average Bonchev–Trinajstić information content (AvgIpc) is 2.50. The number of thioether (sulfide) groups is 1. The highest BCUT2D eigenvalue weighted by Crippen LogP contribution is 2.23. The minimum atomic E-state index is -1.07. The van der Waals surface area contributed by atoms with Gasteiger partial charge in [0.1, 0.15) is 17.4 Å². The lowest BCUT2D eigenvalue weighted by molar-refractivity contribution is -0.139. The number of carbonyl (C=O) groups excluding carboxylic acids is 1. The van der Waals surface area contributed by atoms with Gasteiger partial charge in [0, 0.05) is 11.3 Å². The average molecular weight is 369 g/mol. The van der Waals surface area contributed by atoms with Gasteiger partial charge in [0.05, 0.1) is 6.61 Å². The topological polar surface area (TPSA) is 84.9 Å². The Hall–Kier alpha value is -1.89. The molecule has 0 heterocycles. The van der Waals surface area contributed by atoms with Crippen LogP contribution < -0.4 is 10.1 Å². The molecule has 0 bridgehead atoms. The molecule has 25 heavy (non-hydrogen) atoms. The van der Waals surface area contributed by atoms with Crippen LogP contribution in [0.5, 0.6) is 5.75 Å². The predicted molar refractivity (Wildman–Crippen MR) is 99.2 cm³/mol. The molecular weight excluding hydrogens is 342 g/mol. The van der Waals surface area contributed by atoms with Crippen LogP contribution in [0.15, 0.2) is 24.3 Å². The molecule has 0 aliphatic carbocycles. The zero-order chi connectivity index (χ0) is 18.9. The van der Waals surface area contributed by atoms with Gasteiger partial charge in [0.15, 0.2) is 0 Å². The van der Waals surface area contributed by atoms with E-state index < -0.39 is 23.7 Å². The van der Waals surface area contributed by atoms with Crippen LogP contribution in [0.4, 0.5) is 4.79 Å². The number of amides is 1. The lowest BCUT2D eigenvalue weighted by Crippen LogP contribution is -2.43. The van der Waals surface area contributed by atoms with Crippen LogP contribution in [-0.4, -0.2) is 41.2 Å². The number of ether oxygens (including phenoxy) is 2. The van der Waals surface area contributed by atoms with Crippen molar-refractivity contribution in [2.75, 3.05) is 12.4 Å². The van der Waals surface area contributed by atoms with Crippen LogP contribution in [-0.2, 0) is 15.3 Å². The molecule has 0 aliphatic heterocycles. The van der Waals surface area contributed by atoms with Gasteiger partial charge < -0.3 is 19.9 Å². The fraction of sp³-hybridized carbons (Fsp3) is 0.556. The Morgan fingerprint density at radius 2 is 1.96 bits per heavy atom. The number of benzene rings is 1. The number of carboxylic acids is 1. The Bertz CT molecular complexity index is 571. The summed E-state index contributed by atoms with van der Waals surface area (Å²) in [5, 5.41) is 11.7. The number of para-hydroxylation sites is 1. The van der Waals surface area contributed by atoms with E-state index in [1.165, 1.54) is 0 Å². The summed E-state index contributed by atoms with van der Waals surface area (Å²) in [5.41, 5.74) is 0.409. The predicted octanol–water partition coefficient (Wildman–Crippen LogP) is 3.69. The second-order valence-corrected chi connectivity index (χ2v) is 7.52. The summed E-state index contributed by atoms with van der Waals surface area (Å²) in [6, 6.07) is 6.81. The third-order valence-corrected chi connectivity index (χ3v) is 4.11. The molecule has 0 aliphatic rings. The summed E-state index contributed by atoms with van der Waals surface area (Å²) in [7, 11) is 0. The van der Waals surface area contributed by atoms with Crippen molar-refractivity contribution in [1.29, 1.82) is 0 Å². The van der Waals surface area contributed by atoms with E-state index >= 15 is 0 Å². The van der Waals surface area contributed by atoms with E-state index in [2.05, 4.69) is 5.32 Å². The van der Waals surface area contributed by atoms with Gasteiger partial charge in [-0.15, -0.1) is 0 Å². The fourth-order valence-electron chi connectivity index (χ4n) is 2.01. The second-order valence-electron chi connectivity index (χ2n) is 6.42. The van der Waals surface area contributed by atoms with Gasteiger partial charge in [0.25, 0.3) is 0 Å². The molecule has 1 aromatic carbocycles. The van der Waals surface area contributed by atoms with E-state index in [-0.39, 0.29) is 0 Å². The minimum Gasteiger partial charge on any atom is -0.494 e. The summed E-state index contributed by atoms with van der Waals surface area (Å²) in [6.07, 6.45) is -0.401. The van der Waals surface area contributed by atoms with E-state index in [1.54, 1.807) is 32.5 Å². The third kappa shape index (κ3) is 8.67. The molecule has 1 rings (SSSR count). The highest BCUT2D eigenvalue weighted by atomic mass is 32.2. The minimum absolute atomic E-state index is 0.316. The van der Waals surface area contributed by atoms with Crippen LogP contribution in [0.2, 0.25) is 0 Å². The first-order valence-electron chi connectivity index (χ1n) is 8.23. The SMILES string of the molecule is CCOc1ccccc1CSCCC(NC(=O)OC(C)(C)C)C(=O)O. The molecule has 2 N–H and O–H groups in total. The van der Waals surface area contributed by atoms with Gasteiger partial charge in [0.2, 0.25) is 0 Å². The normalized spacial score (nSPS) is 12.3. The van der Waals surface area contributed by atoms with Gasteiger partial charge >= 0.3 is 12.1 Å². The van der Waals surface area contributed by atoms with Crippen molar-refractivity contribution < 1.29 is 24.2 Å². The zero-order valence-corrected chi connectivity index (χ0v) is 16.0. The number of hydrogen-bond donors (Lipinski definition) is 2. The lowest BCUT2D eigenvalue weighted by Gasteiger charge is -2.22. The molecule has 1 aromatic rings. The van der Waals surface area contributed by atoms with Crippen LogP contribution in [0.1, 0.15) is 39.7 Å². The molecule has 0 fully saturated rings. The molecule has 1 unspecified atom stereocenters. The molecule has 0 saturated heterocycles. The van der Waals surface area contributed by atoms with Crippen molar-refractivity contribution in [3.8, 4) is 5.75 Å². The Morgan fingerprint density at radius 3 is 2.56 bits per heavy atom. The molecule has 0 saturated carbocycles. The third-order valence-electron chi connectivity index (χ3n) is 3.07.